The van der Waals surface area contributed by atoms with Gasteiger partial charge in [-0.2, -0.15) is 0 Å². The first-order valence-corrected chi connectivity index (χ1v) is 8.09. The lowest BCUT2D eigenvalue weighted by Crippen LogP contribution is -2.43. The van der Waals surface area contributed by atoms with E-state index in [-0.39, 0.29) is 0 Å². The molecule has 1 aliphatic heterocycles. The zero-order chi connectivity index (χ0) is 15.5. The minimum absolute atomic E-state index is 0.306. The van der Waals surface area contributed by atoms with Crippen molar-refractivity contribution in [3.8, 4) is 5.75 Å². The van der Waals surface area contributed by atoms with E-state index in [1.807, 2.05) is 0 Å². The summed E-state index contributed by atoms with van der Waals surface area (Å²) in [5.74, 6) is 0.974. The van der Waals surface area contributed by atoms with Gasteiger partial charge in [-0.15, -0.1) is 0 Å². The topological polar surface area (TPSA) is 38.5 Å². The predicted octanol–water partition coefficient (Wildman–Crippen LogP) is 3.74. The molecular weight excluding hydrogens is 260 g/mol. The Bertz CT molecular complexity index is 465. The minimum Gasteiger partial charge on any atom is -0.494 e. The highest BCUT2D eigenvalue weighted by Crippen LogP contribution is 2.27. The van der Waals surface area contributed by atoms with Crippen LogP contribution in [0.5, 0.6) is 5.75 Å². The first kappa shape index (κ1) is 16.2. The Balaban J connectivity index is 1.97. The zero-order valence-electron chi connectivity index (χ0n) is 14.0. The quantitative estimate of drug-likeness (QED) is 0.918. The van der Waals surface area contributed by atoms with Crippen LogP contribution in [0.15, 0.2) is 18.2 Å². The molecule has 1 aliphatic rings. The number of ether oxygens (including phenoxy) is 1. The Kier molecular flexibility index (Phi) is 5.15. The van der Waals surface area contributed by atoms with Gasteiger partial charge >= 0.3 is 0 Å². The second-order valence-corrected chi connectivity index (χ2v) is 7.46. The predicted molar refractivity (Wildman–Crippen MR) is 90.2 cm³/mol. The number of anilines is 1. The molecule has 0 radical (unpaired) electrons. The van der Waals surface area contributed by atoms with Crippen molar-refractivity contribution in [1.82, 2.24) is 0 Å². The van der Waals surface area contributed by atoms with E-state index in [9.17, 15) is 0 Å². The molecule has 118 valence electrons. The van der Waals surface area contributed by atoms with E-state index in [1.165, 1.54) is 17.7 Å². The van der Waals surface area contributed by atoms with Crippen LogP contribution in [0.25, 0.3) is 0 Å². The summed E-state index contributed by atoms with van der Waals surface area (Å²) in [6.07, 6.45) is 3.39. The average molecular weight is 290 g/mol. The van der Waals surface area contributed by atoms with Crippen LogP contribution in [-0.2, 0) is 0 Å². The summed E-state index contributed by atoms with van der Waals surface area (Å²) in [5.41, 5.74) is 8.98. The lowest BCUT2D eigenvalue weighted by molar-refractivity contribution is 0.243. The summed E-state index contributed by atoms with van der Waals surface area (Å²) >= 11 is 0. The number of hydrogen-bond acceptors (Lipinski definition) is 3. The Morgan fingerprint density at radius 1 is 1.33 bits per heavy atom. The maximum atomic E-state index is 6.08. The summed E-state index contributed by atoms with van der Waals surface area (Å²) in [6, 6.07) is 6.73. The summed E-state index contributed by atoms with van der Waals surface area (Å²) in [6.45, 7) is 11.7. The highest BCUT2D eigenvalue weighted by Gasteiger charge is 2.18. The fourth-order valence-electron chi connectivity index (χ4n) is 2.78. The van der Waals surface area contributed by atoms with Crippen molar-refractivity contribution < 1.29 is 4.74 Å². The third-order valence-electron chi connectivity index (χ3n) is 4.09. The number of nitrogens with zero attached hydrogens (tertiary/aromatic N) is 1. The normalized spacial score (nSPS) is 19.7. The summed E-state index contributed by atoms with van der Waals surface area (Å²) in [5, 5.41) is 0. The fraction of sp³-hybridized carbons (Fsp3) is 0.667. The second-order valence-electron chi connectivity index (χ2n) is 7.46. The average Bonchev–Trinajstić information content (AvgIpc) is 2.37. The number of piperidine rings is 1. The number of benzene rings is 1. The van der Waals surface area contributed by atoms with Gasteiger partial charge in [0.2, 0.25) is 0 Å². The van der Waals surface area contributed by atoms with Gasteiger partial charge in [0, 0.05) is 24.8 Å². The molecule has 1 unspecified atom stereocenters. The number of rotatable bonds is 4. The number of hydrogen-bond donors (Lipinski definition) is 1. The largest absolute Gasteiger partial charge is 0.494 e. The minimum atomic E-state index is 0.306. The molecule has 0 bridgehead atoms. The van der Waals surface area contributed by atoms with E-state index in [0.29, 0.717) is 11.5 Å². The molecular formula is C18H30N2O. The van der Waals surface area contributed by atoms with E-state index >= 15 is 0 Å². The molecule has 0 spiro atoms. The van der Waals surface area contributed by atoms with Crippen molar-refractivity contribution in [1.29, 1.82) is 0 Å². The number of nitrogens with two attached hydrogens (primary N) is 1. The van der Waals surface area contributed by atoms with Crippen molar-refractivity contribution in [2.45, 2.75) is 53.0 Å². The lowest BCUT2D eigenvalue weighted by Gasteiger charge is -2.33. The SMILES string of the molecule is Cc1cc(OCCC(C)(C)C)ccc1N1CCCC(N)C1. The van der Waals surface area contributed by atoms with Crippen molar-refractivity contribution in [2.24, 2.45) is 11.1 Å². The van der Waals surface area contributed by atoms with Crippen LogP contribution in [0.4, 0.5) is 5.69 Å². The van der Waals surface area contributed by atoms with Gasteiger partial charge in [-0.05, 0) is 55.4 Å². The Morgan fingerprint density at radius 2 is 2.10 bits per heavy atom. The van der Waals surface area contributed by atoms with Crippen LogP contribution in [0, 0.1) is 12.3 Å². The van der Waals surface area contributed by atoms with Crippen LogP contribution < -0.4 is 15.4 Å². The summed E-state index contributed by atoms with van der Waals surface area (Å²) < 4.78 is 5.88. The van der Waals surface area contributed by atoms with Crippen LogP contribution in [0.2, 0.25) is 0 Å². The molecule has 1 saturated heterocycles. The molecule has 3 heteroatoms. The third kappa shape index (κ3) is 4.92. The Hall–Kier alpha value is -1.22. The highest BCUT2D eigenvalue weighted by atomic mass is 16.5. The van der Waals surface area contributed by atoms with Gasteiger partial charge in [0.1, 0.15) is 5.75 Å². The van der Waals surface area contributed by atoms with Crippen LogP contribution in [0.3, 0.4) is 0 Å². The first-order valence-electron chi connectivity index (χ1n) is 8.09. The van der Waals surface area contributed by atoms with Crippen LogP contribution >= 0.6 is 0 Å². The van der Waals surface area contributed by atoms with Gasteiger partial charge in [-0.1, -0.05) is 20.8 Å². The molecule has 3 nitrogen and oxygen atoms in total. The molecule has 0 aliphatic carbocycles. The van der Waals surface area contributed by atoms with E-state index in [4.69, 9.17) is 10.5 Å². The maximum absolute atomic E-state index is 6.08. The summed E-state index contributed by atoms with van der Waals surface area (Å²) in [7, 11) is 0. The molecule has 1 heterocycles. The van der Waals surface area contributed by atoms with Gasteiger partial charge in [0.05, 0.1) is 6.61 Å². The van der Waals surface area contributed by atoms with Gasteiger partial charge in [-0.25, -0.2) is 0 Å². The maximum Gasteiger partial charge on any atom is 0.119 e. The van der Waals surface area contributed by atoms with Gasteiger partial charge in [0.15, 0.2) is 0 Å². The third-order valence-corrected chi connectivity index (χ3v) is 4.09. The van der Waals surface area contributed by atoms with Gasteiger partial charge < -0.3 is 15.4 Å². The van der Waals surface area contributed by atoms with Crippen molar-refractivity contribution in [3.63, 3.8) is 0 Å². The molecule has 0 amide bonds. The van der Waals surface area contributed by atoms with Gasteiger partial charge in [0.25, 0.3) is 0 Å². The lowest BCUT2D eigenvalue weighted by atomic mass is 9.93. The fourth-order valence-corrected chi connectivity index (χ4v) is 2.78. The molecule has 0 saturated carbocycles. The molecule has 0 aromatic heterocycles. The summed E-state index contributed by atoms with van der Waals surface area (Å²) in [4.78, 5) is 2.41. The number of aryl methyl sites for hydroxylation is 1. The molecule has 21 heavy (non-hydrogen) atoms. The van der Waals surface area contributed by atoms with Crippen LogP contribution in [-0.4, -0.2) is 25.7 Å². The molecule has 1 fully saturated rings. The zero-order valence-corrected chi connectivity index (χ0v) is 14.0. The smallest absolute Gasteiger partial charge is 0.119 e. The van der Waals surface area contributed by atoms with E-state index in [1.54, 1.807) is 0 Å². The molecule has 2 rings (SSSR count). The van der Waals surface area contributed by atoms with Crippen LogP contribution in [0.1, 0.15) is 45.6 Å². The Morgan fingerprint density at radius 3 is 2.71 bits per heavy atom. The van der Waals surface area contributed by atoms with Crippen molar-refractivity contribution in [2.75, 3.05) is 24.6 Å². The standard InChI is InChI=1S/C18H30N2O/c1-14-12-16(21-11-9-18(2,3)4)7-8-17(14)20-10-5-6-15(19)13-20/h7-8,12,15H,5-6,9-11,13,19H2,1-4H3. The highest BCUT2D eigenvalue weighted by molar-refractivity contribution is 5.56. The van der Waals surface area contributed by atoms with Gasteiger partial charge in [-0.3, -0.25) is 0 Å². The van der Waals surface area contributed by atoms with Crippen molar-refractivity contribution >= 4 is 5.69 Å². The Labute approximate surface area is 129 Å². The second kappa shape index (κ2) is 6.69. The molecule has 1 atom stereocenters. The van der Waals surface area contributed by atoms with Crippen molar-refractivity contribution in [3.05, 3.63) is 23.8 Å². The first-order chi connectivity index (χ1) is 9.85. The molecule has 2 N–H and O–H groups in total. The molecule has 1 aromatic rings. The monoisotopic (exact) mass is 290 g/mol. The molecule has 1 aromatic carbocycles. The van der Waals surface area contributed by atoms with E-state index in [2.05, 4.69) is 50.8 Å². The van der Waals surface area contributed by atoms with E-state index < -0.39 is 0 Å². The van der Waals surface area contributed by atoms with E-state index in [0.717, 1.165) is 38.3 Å².